The number of fused-ring (bicyclic) bond motifs is 7. The van der Waals surface area contributed by atoms with Crippen LogP contribution in [-0.2, 0) is 0 Å². The van der Waals surface area contributed by atoms with Crippen molar-refractivity contribution < 1.29 is 0 Å². The van der Waals surface area contributed by atoms with Crippen molar-refractivity contribution in [1.29, 1.82) is 0 Å². The minimum absolute atomic E-state index is 1.15. The van der Waals surface area contributed by atoms with E-state index in [1.165, 1.54) is 35.5 Å². The van der Waals surface area contributed by atoms with E-state index in [0.717, 1.165) is 11.8 Å². The Kier molecular flexibility index (Phi) is 3.38. The van der Waals surface area contributed by atoms with Crippen LogP contribution in [0.2, 0.25) is 0 Å². The van der Waals surface area contributed by atoms with Crippen LogP contribution in [0.5, 0.6) is 0 Å². The third-order valence-electron chi connectivity index (χ3n) is 9.01. The molecule has 5 aliphatic rings. The van der Waals surface area contributed by atoms with Gasteiger partial charge in [0.15, 0.2) is 0 Å². The normalized spacial score (nSPS) is 56.0. The third kappa shape index (κ3) is 2.07. The summed E-state index contributed by atoms with van der Waals surface area (Å²) in [5.74, 6) is 9.34. The van der Waals surface area contributed by atoms with Crippen LogP contribution in [0.4, 0.5) is 0 Å². The molecule has 0 aromatic rings. The summed E-state index contributed by atoms with van der Waals surface area (Å²) >= 11 is 0. The Morgan fingerprint density at radius 3 is 1.38 bits per heavy atom. The van der Waals surface area contributed by atoms with Gasteiger partial charge in [-0.2, -0.15) is 0 Å². The molecule has 0 nitrogen and oxygen atoms in total. The molecular weight excluding hydrogens is 252 g/mol. The maximum absolute atomic E-state index is 1.64. The maximum Gasteiger partial charge on any atom is -0.0352 e. The van der Waals surface area contributed by atoms with E-state index in [0.29, 0.717) is 0 Å². The summed E-state index contributed by atoms with van der Waals surface area (Å²) in [4.78, 5) is 0. The van der Waals surface area contributed by atoms with Crippen LogP contribution >= 0.6 is 0 Å². The molecule has 0 radical (unpaired) electrons. The van der Waals surface area contributed by atoms with Crippen molar-refractivity contribution in [3.8, 4) is 0 Å². The summed E-state index contributed by atoms with van der Waals surface area (Å²) in [5, 5.41) is 0. The van der Waals surface area contributed by atoms with Gasteiger partial charge in [0.2, 0.25) is 0 Å². The highest BCUT2D eigenvalue weighted by Gasteiger charge is 2.51. The average molecular weight is 287 g/mol. The molecule has 8 unspecified atom stereocenters. The molecule has 0 heterocycles. The standard InChI is InChI=1S/C21H34/c1-2-6-16-14(4-1)8-10-20-18(16)12-13-19-17-7-3-5-15(17)9-11-21(19)20/h14-21H,1-13H2. The van der Waals surface area contributed by atoms with E-state index in [4.69, 9.17) is 0 Å². The molecule has 0 bridgehead atoms. The lowest BCUT2D eigenvalue weighted by atomic mass is 9.49. The maximum atomic E-state index is 1.64. The molecule has 5 saturated carbocycles. The van der Waals surface area contributed by atoms with E-state index >= 15 is 0 Å². The first kappa shape index (κ1) is 13.4. The van der Waals surface area contributed by atoms with Crippen LogP contribution in [0.15, 0.2) is 0 Å². The lowest BCUT2D eigenvalue weighted by Gasteiger charge is -2.56. The molecule has 0 aliphatic heterocycles. The van der Waals surface area contributed by atoms with Gasteiger partial charge in [0.1, 0.15) is 0 Å². The van der Waals surface area contributed by atoms with Crippen LogP contribution in [-0.4, -0.2) is 0 Å². The van der Waals surface area contributed by atoms with Crippen molar-refractivity contribution in [3.05, 3.63) is 0 Å². The van der Waals surface area contributed by atoms with Gasteiger partial charge in [0.25, 0.3) is 0 Å². The Labute approximate surface area is 131 Å². The van der Waals surface area contributed by atoms with Gasteiger partial charge in [0, 0.05) is 0 Å². The molecule has 0 N–H and O–H groups in total. The van der Waals surface area contributed by atoms with Crippen LogP contribution in [0, 0.1) is 47.3 Å². The Balaban J connectivity index is 1.38. The smallest absolute Gasteiger partial charge is 0.0352 e. The number of hydrogen-bond acceptors (Lipinski definition) is 0. The zero-order valence-electron chi connectivity index (χ0n) is 13.8. The summed E-state index contributed by atoms with van der Waals surface area (Å²) < 4.78 is 0. The summed E-state index contributed by atoms with van der Waals surface area (Å²) in [5.41, 5.74) is 0. The Bertz CT molecular complexity index is 385. The van der Waals surface area contributed by atoms with Gasteiger partial charge in [-0.15, -0.1) is 0 Å². The van der Waals surface area contributed by atoms with Crippen molar-refractivity contribution in [1.82, 2.24) is 0 Å². The van der Waals surface area contributed by atoms with E-state index in [1.807, 2.05) is 0 Å². The van der Waals surface area contributed by atoms with Crippen LogP contribution < -0.4 is 0 Å². The Morgan fingerprint density at radius 1 is 0.286 bits per heavy atom. The highest BCUT2D eigenvalue weighted by Crippen LogP contribution is 2.60. The van der Waals surface area contributed by atoms with E-state index in [-0.39, 0.29) is 0 Å². The summed E-state index contributed by atoms with van der Waals surface area (Å²) in [6.07, 6.45) is 20.8. The van der Waals surface area contributed by atoms with Crippen molar-refractivity contribution in [3.63, 3.8) is 0 Å². The van der Waals surface area contributed by atoms with Gasteiger partial charge in [-0.05, 0) is 98.7 Å². The zero-order valence-corrected chi connectivity index (χ0v) is 13.8. The average Bonchev–Trinajstić information content (AvgIpc) is 3.03. The lowest BCUT2D eigenvalue weighted by Crippen LogP contribution is -2.48. The second kappa shape index (κ2) is 5.27. The summed E-state index contributed by atoms with van der Waals surface area (Å²) in [6.45, 7) is 0. The van der Waals surface area contributed by atoms with Crippen LogP contribution in [0.1, 0.15) is 83.5 Å². The predicted octanol–water partition coefficient (Wildman–Crippen LogP) is 6.06. The molecule has 0 heteroatoms. The molecule has 0 amide bonds. The molecule has 5 fully saturated rings. The minimum Gasteiger partial charge on any atom is -0.0530 e. The first-order valence-corrected chi connectivity index (χ1v) is 10.4. The Hall–Kier alpha value is 0. The predicted molar refractivity (Wildman–Crippen MR) is 87.9 cm³/mol. The zero-order chi connectivity index (χ0) is 13.8. The van der Waals surface area contributed by atoms with E-state index in [9.17, 15) is 0 Å². The third-order valence-corrected chi connectivity index (χ3v) is 9.01. The first-order chi connectivity index (χ1) is 10.4. The van der Waals surface area contributed by atoms with Crippen molar-refractivity contribution in [2.24, 2.45) is 47.3 Å². The fourth-order valence-electron chi connectivity index (χ4n) is 8.33. The Morgan fingerprint density at radius 2 is 0.714 bits per heavy atom. The molecule has 118 valence electrons. The fourth-order valence-corrected chi connectivity index (χ4v) is 8.33. The lowest BCUT2D eigenvalue weighted by molar-refractivity contribution is -0.0658. The SMILES string of the molecule is C1CCC2C(C1)CCC1C2CCC2C3CCCC3CCC21. The molecule has 0 aromatic heterocycles. The number of rotatable bonds is 0. The highest BCUT2D eigenvalue weighted by atomic mass is 14.6. The van der Waals surface area contributed by atoms with Gasteiger partial charge < -0.3 is 0 Å². The topological polar surface area (TPSA) is 0 Å². The van der Waals surface area contributed by atoms with Crippen molar-refractivity contribution >= 4 is 0 Å². The summed E-state index contributed by atoms with van der Waals surface area (Å²) in [6, 6.07) is 0. The molecule has 5 rings (SSSR count). The molecular formula is C21H34. The molecule has 21 heavy (non-hydrogen) atoms. The van der Waals surface area contributed by atoms with Crippen molar-refractivity contribution in [2.75, 3.05) is 0 Å². The van der Waals surface area contributed by atoms with Gasteiger partial charge in [-0.3, -0.25) is 0 Å². The second-order valence-corrected chi connectivity index (χ2v) is 9.45. The van der Waals surface area contributed by atoms with Gasteiger partial charge >= 0.3 is 0 Å². The summed E-state index contributed by atoms with van der Waals surface area (Å²) in [7, 11) is 0. The molecule has 0 saturated heterocycles. The molecule has 0 aromatic carbocycles. The van der Waals surface area contributed by atoms with Crippen LogP contribution in [0.3, 0.4) is 0 Å². The monoisotopic (exact) mass is 286 g/mol. The molecule has 0 spiro atoms. The number of hydrogen-bond donors (Lipinski definition) is 0. The van der Waals surface area contributed by atoms with E-state index in [1.54, 1.807) is 83.5 Å². The second-order valence-electron chi connectivity index (χ2n) is 9.45. The largest absolute Gasteiger partial charge is 0.0530 e. The quantitative estimate of drug-likeness (QED) is 0.508. The first-order valence-electron chi connectivity index (χ1n) is 10.4. The van der Waals surface area contributed by atoms with Gasteiger partial charge in [-0.25, -0.2) is 0 Å². The van der Waals surface area contributed by atoms with E-state index in [2.05, 4.69) is 0 Å². The highest BCUT2D eigenvalue weighted by molar-refractivity contribution is 5.01. The minimum atomic E-state index is 1.15. The van der Waals surface area contributed by atoms with Gasteiger partial charge in [-0.1, -0.05) is 32.1 Å². The van der Waals surface area contributed by atoms with E-state index < -0.39 is 0 Å². The van der Waals surface area contributed by atoms with Crippen LogP contribution in [0.25, 0.3) is 0 Å². The fraction of sp³-hybridized carbons (Fsp3) is 1.00. The van der Waals surface area contributed by atoms with Crippen molar-refractivity contribution in [2.45, 2.75) is 83.5 Å². The molecule has 8 atom stereocenters. The molecule has 5 aliphatic carbocycles. The van der Waals surface area contributed by atoms with Gasteiger partial charge in [0.05, 0.1) is 0 Å².